The lowest BCUT2D eigenvalue weighted by Gasteiger charge is -2.14. The van der Waals surface area contributed by atoms with Gasteiger partial charge in [-0.25, -0.2) is 0 Å². The molecule has 0 saturated heterocycles. The maximum Gasteiger partial charge on any atom is 0.0442 e. The molecule has 0 atom stereocenters. The van der Waals surface area contributed by atoms with Crippen molar-refractivity contribution in [2.75, 3.05) is 0 Å². The first-order valence-electron chi connectivity index (χ1n) is 16.6. The van der Waals surface area contributed by atoms with Crippen LogP contribution < -0.4 is 0 Å². The normalized spacial score (nSPS) is 12.0. The second-order valence-electron chi connectivity index (χ2n) is 12.9. The van der Waals surface area contributed by atoms with E-state index in [2.05, 4.69) is 26.6 Å². The Kier molecular flexibility index (Phi) is 28.0. The van der Waals surface area contributed by atoms with Crippen LogP contribution in [0.3, 0.4) is 0 Å². The Hall–Kier alpha value is 0.217. The SMILES string of the molecule is CCCCCCCCCCCCCCCCCCCCCCCCCCCCCC[Si](C)(C)C. The summed E-state index contributed by atoms with van der Waals surface area (Å²) < 4.78 is 0. The monoisotopic (exact) mass is 495 g/mol. The molecular formula is C33H70Si. The molecule has 0 spiro atoms. The van der Waals surface area contributed by atoms with Crippen LogP contribution in [0.1, 0.15) is 187 Å². The summed E-state index contributed by atoms with van der Waals surface area (Å²) in [4.78, 5) is 0. The molecule has 206 valence electrons. The molecule has 0 radical (unpaired) electrons. The van der Waals surface area contributed by atoms with Crippen molar-refractivity contribution in [1.29, 1.82) is 0 Å². The van der Waals surface area contributed by atoms with E-state index in [0.717, 1.165) is 0 Å². The smallest absolute Gasteiger partial charge is 0.0442 e. The van der Waals surface area contributed by atoms with Crippen LogP contribution >= 0.6 is 0 Å². The highest BCUT2D eigenvalue weighted by Crippen LogP contribution is 2.18. The van der Waals surface area contributed by atoms with E-state index in [1.54, 1.807) is 0 Å². The van der Waals surface area contributed by atoms with Crippen molar-refractivity contribution in [3.8, 4) is 0 Å². The van der Waals surface area contributed by atoms with Crippen molar-refractivity contribution >= 4 is 8.07 Å². The molecule has 0 rings (SSSR count). The standard InChI is InChI=1S/C33H70Si/c1-5-6-7-8-9-10-11-12-13-14-15-16-17-18-19-20-21-22-23-24-25-26-27-28-29-30-31-32-33-34(2,3)4/h5-33H2,1-4H3. The fourth-order valence-corrected chi connectivity index (χ4v) is 6.64. The zero-order valence-corrected chi connectivity index (χ0v) is 26.0. The van der Waals surface area contributed by atoms with Crippen LogP contribution in [0, 0.1) is 0 Å². The topological polar surface area (TPSA) is 0 Å². The average Bonchev–Trinajstić information content (AvgIpc) is 2.80. The third-order valence-electron chi connectivity index (χ3n) is 7.78. The van der Waals surface area contributed by atoms with Gasteiger partial charge < -0.3 is 0 Å². The van der Waals surface area contributed by atoms with Gasteiger partial charge in [-0.3, -0.25) is 0 Å². The number of rotatable bonds is 29. The van der Waals surface area contributed by atoms with Gasteiger partial charge in [0.2, 0.25) is 0 Å². The third-order valence-corrected chi connectivity index (χ3v) is 9.63. The van der Waals surface area contributed by atoms with Gasteiger partial charge in [0.25, 0.3) is 0 Å². The molecule has 1 heteroatoms. The van der Waals surface area contributed by atoms with Gasteiger partial charge in [-0.2, -0.15) is 0 Å². The minimum atomic E-state index is -0.779. The Labute approximate surface area is 220 Å². The fourth-order valence-electron chi connectivity index (χ4n) is 5.32. The van der Waals surface area contributed by atoms with E-state index in [0.29, 0.717) is 0 Å². The predicted octanol–water partition coefficient (Wildman–Crippen LogP) is 13.3. The third kappa shape index (κ3) is 32.2. The summed E-state index contributed by atoms with van der Waals surface area (Å²) in [7, 11) is -0.779. The average molecular weight is 495 g/mol. The molecule has 0 saturated carbocycles. The van der Waals surface area contributed by atoms with Gasteiger partial charge in [-0.15, -0.1) is 0 Å². The van der Waals surface area contributed by atoms with Gasteiger partial charge in [0.15, 0.2) is 0 Å². The number of hydrogen-bond acceptors (Lipinski definition) is 0. The largest absolute Gasteiger partial charge is 0.0695 e. The first-order chi connectivity index (χ1) is 16.6. The summed E-state index contributed by atoms with van der Waals surface area (Å²) in [5.41, 5.74) is 0. The van der Waals surface area contributed by atoms with Crippen LogP contribution in [0.5, 0.6) is 0 Å². The van der Waals surface area contributed by atoms with Crippen molar-refractivity contribution in [3.05, 3.63) is 0 Å². The maximum atomic E-state index is 2.51. The Balaban J connectivity index is 3.03. The number of hydrogen-bond donors (Lipinski definition) is 0. The second-order valence-corrected chi connectivity index (χ2v) is 18.5. The number of unbranched alkanes of at least 4 members (excludes halogenated alkanes) is 27. The first-order valence-corrected chi connectivity index (χ1v) is 20.3. The molecule has 0 amide bonds. The van der Waals surface area contributed by atoms with E-state index >= 15 is 0 Å². The summed E-state index contributed by atoms with van der Waals surface area (Å²) in [6.45, 7) is 9.83. The van der Waals surface area contributed by atoms with E-state index in [-0.39, 0.29) is 0 Å². The predicted molar refractivity (Wildman–Crippen MR) is 163 cm³/mol. The lowest BCUT2D eigenvalue weighted by atomic mass is 10.0. The molecule has 34 heavy (non-hydrogen) atoms. The molecule has 0 fully saturated rings. The molecule has 0 aromatic carbocycles. The molecule has 0 aromatic rings. The molecule has 0 aliphatic carbocycles. The first kappa shape index (κ1) is 34.2. The van der Waals surface area contributed by atoms with Crippen LogP contribution in [0.4, 0.5) is 0 Å². The molecular weight excluding hydrogens is 424 g/mol. The zero-order chi connectivity index (χ0) is 25.0. The van der Waals surface area contributed by atoms with Crippen molar-refractivity contribution in [1.82, 2.24) is 0 Å². The minimum Gasteiger partial charge on any atom is -0.0695 e. The quantitative estimate of drug-likeness (QED) is 0.0716. The highest BCUT2D eigenvalue weighted by atomic mass is 28.3. The van der Waals surface area contributed by atoms with Crippen molar-refractivity contribution in [2.24, 2.45) is 0 Å². The maximum absolute atomic E-state index is 2.51. The second kappa shape index (κ2) is 27.8. The van der Waals surface area contributed by atoms with Crippen LogP contribution in [0.25, 0.3) is 0 Å². The Bertz CT molecular complexity index is 356. The summed E-state index contributed by atoms with van der Waals surface area (Å²) in [6.07, 6.45) is 41.6. The molecule has 0 nitrogen and oxygen atoms in total. The van der Waals surface area contributed by atoms with Crippen molar-refractivity contribution in [2.45, 2.75) is 212 Å². The fraction of sp³-hybridized carbons (Fsp3) is 1.00. The zero-order valence-electron chi connectivity index (χ0n) is 25.0. The van der Waals surface area contributed by atoms with Crippen LogP contribution in [-0.2, 0) is 0 Å². The van der Waals surface area contributed by atoms with Gasteiger partial charge >= 0.3 is 0 Å². The van der Waals surface area contributed by atoms with Gasteiger partial charge in [-0.05, 0) is 0 Å². The van der Waals surface area contributed by atoms with Crippen LogP contribution in [0.2, 0.25) is 25.7 Å². The molecule has 0 bridgehead atoms. The molecule has 0 aliphatic heterocycles. The molecule has 0 aromatic heterocycles. The Morgan fingerprint density at radius 3 is 0.618 bits per heavy atom. The lowest BCUT2D eigenvalue weighted by molar-refractivity contribution is 0.514. The van der Waals surface area contributed by atoms with Gasteiger partial charge in [0, 0.05) is 8.07 Å². The summed E-state index contributed by atoms with van der Waals surface area (Å²) >= 11 is 0. The van der Waals surface area contributed by atoms with Gasteiger partial charge in [0.05, 0.1) is 0 Å². The van der Waals surface area contributed by atoms with E-state index in [1.807, 2.05) is 0 Å². The molecule has 0 N–H and O–H groups in total. The van der Waals surface area contributed by atoms with Crippen LogP contribution in [-0.4, -0.2) is 8.07 Å². The summed E-state index contributed by atoms with van der Waals surface area (Å²) in [6, 6.07) is 1.53. The molecule has 0 aliphatic rings. The van der Waals surface area contributed by atoms with E-state index in [1.165, 1.54) is 186 Å². The minimum absolute atomic E-state index is 0.779. The van der Waals surface area contributed by atoms with Crippen LogP contribution in [0.15, 0.2) is 0 Å². The van der Waals surface area contributed by atoms with Crippen molar-refractivity contribution in [3.63, 3.8) is 0 Å². The highest BCUT2D eigenvalue weighted by Gasteiger charge is 2.11. The summed E-state index contributed by atoms with van der Waals surface area (Å²) in [5.74, 6) is 0. The van der Waals surface area contributed by atoms with Crippen molar-refractivity contribution < 1.29 is 0 Å². The van der Waals surface area contributed by atoms with E-state index in [9.17, 15) is 0 Å². The van der Waals surface area contributed by atoms with Gasteiger partial charge in [0.1, 0.15) is 0 Å². The molecule has 0 heterocycles. The van der Waals surface area contributed by atoms with E-state index < -0.39 is 8.07 Å². The van der Waals surface area contributed by atoms with Gasteiger partial charge in [-0.1, -0.05) is 212 Å². The Morgan fingerprint density at radius 2 is 0.441 bits per heavy atom. The summed E-state index contributed by atoms with van der Waals surface area (Å²) in [5, 5.41) is 0. The molecule has 0 unspecified atom stereocenters. The van der Waals surface area contributed by atoms with E-state index in [4.69, 9.17) is 0 Å². The Morgan fingerprint density at radius 1 is 0.265 bits per heavy atom. The highest BCUT2D eigenvalue weighted by molar-refractivity contribution is 6.76. The lowest BCUT2D eigenvalue weighted by Crippen LogP contribution is -2.18.